The topological polar surface area (TPSA) is 35.5 Å². The third-order valence-corrected chi connectivity index (χ3v) is 5.37. The summed E-state index contributed by atoms with van der Waals surface area (Å²) in [6, 6.07) is 4.87. The Morgan fingerprint density at radius 3 is 2.00 bits per heavy atom. The number of allylic oxidation sites excluding steroid dienone is 1. The van der Waals surface area contributed by atoms with E-state index in [9.17, 15) is 5.11 Å². The van der Waals surface area contributed by atoms with Crippen molar-refractivity contribution in [3.05, 3.63) is 41.5 Å². The summed E-state index contributed by atoms with van der Waals surface area (Å²) in [7, 11) is 0. The zero-order valence-corrected chi connectivity index (χ0v) is 17.7. The number of benzene rings is 1. The number of nitrogens with zero attached hydrogens (tertiary/aromatic N) is 1. The van der Waals surface area contributed by atoms with Gasteiger partial charge in [-0.15, -0.1) is 6.58 Å². The Hall–Kier alpha value is -1.32. The second-order valence-electron chi connectivity index (χ2n) is 9.63. The van der Waals surface area contributed by atoms with Gasteiger partial charge < -0.3 is 10.4 Å². The van der Waals surface area contributed by atoms with Crippen LogP contribution in [0.4, 0.5) is 0 Å². The Kier molecular flexibility index (Phi) is 6.57. The lowest BCUT2D eigenvalue weighted by Crippen LogP contribution is -2.45. The number of phenols is 1. The lowest BCUT2D eigenvalue weighted by molar-refractivity contribution is 0.166. The molecule has 0 aliphatic carbocycles. The highest BCUT2D eigenvalue weighted by molar-refractivity contribution is 5.50. The van der Waals surface area contributed by atoms with E-state index in [0.29, 0.717) is 11.8 Å². The quantitative estimate of drug-likeness (QED) is 0.735. The van der Waals surface area contributed by atoms with E-state index in [-0.39, 0.29) is 10.8 Å². The largest absolute Gasteiger partial charge is 0.507 e. The van der Waals surface area contributed by atoms with Crippen LogP contribution in [0, 0.1) is 0 Å². The van der Waals surface area contributed by atoms with E-state index < -0.39 is 0 Å². The summed E-state index contributed by atoms with van der Waals surface area (Å²) in [6.07, 6.45) is 4.09. The van der Waals surface area contributed by atoms with Crippen molar-refractivity contribution in [2.75, 3.05) is 26.2 Å². The second kappa shape index (κ2) is 8.14. The molecule has 1 fully saturated rings. The maximum absolute atomic E-state index is 11.0. The van der Waals surface area contributed by atoms with Crippen molar-refractivity contribution >= 4 is 0 Å². The minimum atomic E-state index is -0.0907. The standard InChI is InChI=1S/C23H38N2O/c1-8-9-10-20(25-13-11-24-12-14-25)17-15-18(22(2,3)4)21(26)19(16-17)23(5,6)7/h8,15-16,20,24,26H,1,9-14H2,2-7H3/t20-/m1/s1. The fraction of sp³-hybridized carbons (Fsp3) is 0.652. The smallest absolute Gasteiger partial charge is 0.123 e. The van der Waals surface area contributed by atoms with E-state index in [0.717, 1.165) is 50.1 Å². The molecule has 2 N–H and O–H groups in total. The van der Waals surface area contributed by atoms with Crippen LogP contribution in [0.5, 0.6) is 5.75 Å². The molecule has 0 unspecified atom stereocenters. The molecule has 1 saturated heterocycles. The van der Waals surface area contributed by atoms with Crippen molar-refractivity contribution < 1.29 is 5.11 Å². The van der Waals surface area contributed by atoms with Crippen molar-refractivity contribution in [3.63, 3.8) is 0 Å². The van der Waals surface area contributed by atoms with E-state index in [1.165, 1.54) is 5.56 Å². The first-order valence-corrected chi connectivity index (χ1v) is 9.99. The fourth-order valence-electron chi connectivity index (χ4n) is 3.82. The van der Waals surface area contributed by atoms with Gasteiger partial charge in [-0.05, 0) is 52.5 Å². The van der Waals surface area contributed by atoms with Gasteiger partial charge in [0, 0.05) is 32.2 Å². The lowest BCUT2D eigenvalue weighted by atomic mass is 9.77. The second-order valence-corrected chi connectivity index (χ2v) is 9.63. The molecule has 0 saturated carbocycles. The summed E-state index contributed by atoms with van der Waals surface area (Å²) in [4.78, 5) is 2.59. The molecule has 3 nitrogen and oxygen atoms in total. The first kappa shape index (κ1) is 21.0. The molecule has 1 heterocycles. The highest BCUT2D eigenvalue weighted by Crippen LogP contribution is 2.42. The van der Waals surface area contributed by atoms with E-state index >= 15 is 0 Å². The molecule has 1 aromatic rings. The zero-order valence-electron chi connectivity index (χ0n) is 17.7. The molecule has 0 spiro atoms. The van der Waals surface area contributed by atoms with E-state index in [4.69, 9.17) is 0 Å². The van der Waals surface area contributed by atoms with E-state index in [1.807, 2.05) is 6.08 Å². The van der Waals surface area contributed by atoms with Gasteiger partial charge in [-0.25, -0.2) is 0 Å². The fourth-order valence-corrected chi connectivity index (χ4v) is 3.82. The van der Waals surface area contributed by atoms with Crippen LogP contribution in [0.3, 0.4) is 0 Å². The van der Waals surface area contributed by atoms with Gasteiger partial charge in [-0.3, -0.25) is 4.90 Å². The molecule has 26 heavy (non-hydrogen) atoms. The summed E-state index contributed by atoms with van der Waals surface area (Å²) in [5, 5.41) is 14.5. The van der Waals surface area contributed by atoms with Crippen molar-refractivity contribution in [1.82, 2.24) is 10.2 Å². The maximum atomic E-state index is 11.0. The number of aromatic hydroxyl groups is 1. The SMILES string of the molecule is C=CCC[C@H](c1cc(C(C)(C)C)c(O)c(C(C)(C)C)c1)N1CCNCC1. The first-order chi connectivity index (χ1) is 12.1. The van der Waals surface area contributed by atoms with E-state index in [1.54, 1.807) is 0 Å². The molecule has 0 bridgehead atoms. The van der Waals surface area contributed by atoms with E-state index in [2.05, 4.69) is 70.5 Å². The molecule has 0 aromatic heterocycles. The van der Waals surface area contributed by atoms with Gasteiger partial charge in [-0.2, -0.15) is 0 Å². The van der Waals surface area contributed by atoms with Crippen LogP contribution in [-0.2, 0) is 10.8 Å². The monoisotopic (exact) mass is 358 g/mol. The Bertz CT molecular complexity index is 581. The minimum absolute atomic E-state index is 0.0907. The molecular formula is C23H38N2O. The average Bonchev–Trinajstić information content (AvgIpc) is 2.55. The summed E-state index contributed by atoms with van der Waals surface area (Å²) in [6.45, 7) is 21.2. The van der Waals surface area contributed by atoms with Crippen molar-refractivity contribution in [2.24, 2.45) is 0 Å². The molecule has 1 aliphatic rings. The summed E-state index contributed by atoms with van der Waals surface area (Å²) < 4.78 is 0. The van der Waals surface area contributed by atoms with Gasteiger partial charge in [0.15, 0.2) is 0 Å². The Labute approximate surface area is 160 Å². The molecular weight excluding hydrogens is 320 g/mol. The normalized spacial score (nSPS) is 17.9. The van der Waals surface area contributed by atoms with Gasteiger partial charge in [0.05, 0.1) is 0 Å². The maximum Gasteiger partial charge on any atom is 0.123 e. The molecule has 1 aliphatic heterocycles. The minimum Gasteiger partial charge on any atom is -0.507 e. The predicted molar refractivity (Wildman–Crippen MR) is 112 cm³/mol. The zero-order chi connectivity index (χ0) is 19.5. The Balaban J connectivity index is 2.57. The Morgan fingerprint density at radius 1 is 1.08 bits per heavy atom. The van der Waals surface area contributed by atoms with Crippen LogP contribution in [0.25, 0.3) is 0 Å². The molecule has 1 aromatic carbocycles. The molecule has 2 rings (SSSR count). The number of phenolic OH excluding ortho intramolecular Hbond substituents is 1. The number of piperazine rings is 1. The highest BCUT2D eigenvalue weighted by atomic mass is 16.3. The lowest BCUT2D eigenvalue weighted by Gasteiger charge is -2.37. The van der Waals surface area contributed by atoms with Crippen molar-refractivity contribution in [3.8, 4) is 5.75 Å². The molecule has 0 amide bonds. The molecule has 3 heteroatoms. The summed E-state index contributed by atoms with van der Waals surface area (Å²) >= 11 is 0. The van der Waals surface area contributed by atoms with Crippen LogP contribution in [0.2, 0.25) is 0 Å². The van der Waals surface area contributed by atoms with Crippen molar-refractivity contribution in [1.29, 1.82) is 0 Å². The molecule has 0 radical (unpaired) electrons. The van der Waals surface area contributed by atoms with Crippen LogP contribution in [-0.4, -0.2) is 36.2 Å². The average molecular weight is 359 g/mol. The van der Waals surface area contributed by atoms with Crippen LogP contribution in [0.15, 0.2) is 24.8 Å². The summed E-state index contributed by atoms with van der Waals surface area (Å²) in [5.41, 5.74) is 3.26. The first-order valence-electron chi connectivity index (χ1n) is 9.99. The number of hydrogen-bond acceptors (Lipinski definition) is 3. The predicted octanol–water partition coefficient (Wildman–Crippen LogP) is 4.90. The van der Waals surface area contributed by atoms with Crippen LogP contribution >= 0.6 is 0 Å². The number of hydrogen-bond donors (Lipinski definition) is 2. The third kappa shape index (κ3) is 4.89. The van der Waals surface area contributed by atoms with Gasteiger partial charge in [0.1, 0.15) is 5.75 Å². The molecule has 1 atom stereocenters. The number of rotatable bonds is 5. The van der Waals surface area contributed by atoms with Gasteiger partial charge in [0.25, 0.3) is 0 Å². The van der Waals surface area contributed by atoms with Gasteiger partial charge >= 0.3 is 0 Å². The third-order valence-electron chi connectivity index (χ3n) is 5.37. The van der Waals surface area contributed by atoms with Crippen LogP contribution in [0.1, 0.15) is 77.1 Å². The Morgan fingerprint density at radius 2 is 1.58 bits per heavy atom. The molecule has 146 valence electrons. The summed E-state index contributed by atoms with van der Waals surface area (Å²) in [5.74, 6) is 0.469. The highest BCUT2D eigenvalue weighted by Gasteiger charge is 2.30. The van der Waals surface area contributed by atoms with Crippen LogP contribution < -0.4 is 5.32 Å². The van der Waals surface area contributed by atoms with Gasteiger partial charge in [-0.1, -0.05) is 47.6 Å². The number of nitrogens with one attached hydrogen (secondary N) is 1. The van der Waals surface area contributed by atoms with Gasteiger partial charge in [0.2, 0.25) is 0 Å². The van der Waals surface area contributed by atoms with Crippen molar-refractivity contribution in [2.45, 2.75) is 71.3 Å².